The van der Waals surface area contributed by atoms with Crippen molar-refractivity contribution in [2.24, 2.45) is 11.3 Å². The van der Waals surface area contributed by atoms with Gasteiger partial charge in [0, 0.05) is 18.2 Å². The number of aryl methyl sites for hydroxylation is 1. The van der Waals surface area contributed by atoms with Crippen molar-refractivity contribution in [1.82, 2.24) is 9.97 Å². The second-order valence-electron chi connectivity index (χ2n) is 14.7. The molecule has 4 bridgehead atoms. The first-order chi connectivity index (χ1) is 24.0. The average Bonchev–Trinajstić information content (AvgIpc) is 3.50. The minimum Gasteiger partial charge on any atom is -0.494 e. The number of carboxylic acids is 1. The van der Waals surface area contributed by atoms with Crippen molar-refractivity contribution in [2.75, 3.05) is 22.8 Å². The molecule has 50 heavy (non-hydrogen) atoms. The van der Waals surface area contributed by atoms with Crippen LogP contribution in [-0.4, -0.2) is 48.7 Å². The molecule has 0 saturated heterocycles. The van der Waals surface area contributed by atoms with Crippen molar-refractivity contribution >= 4 is 38.3 Å². The second-order valence-corrected chi connectivity index (χ2v) is 17.3. The maximum Gasteiger partial charge on any atom is 0.306 e. The van der Waals surface area contributed by atoms with Gasteiger partial charge in [-0.05, 0) is 85.8 Å². The van der Waals surface area contributed by atoms with Gasteiger partial charge in [0.15, 0.2) is 10.2 Å². The zero-order valence-electron chi connectivity index (χ0n) is 29.2. The zero-order valence-corrected chi connectivity index (χ0v) is 30.9. The van der Waals surface area contributed by atoms with E-state index in [9.17, 15) is 18.3 Å². The lowest BCUT2D eigenvalue weighted by Gasteiger charge is -2.37. The molecule has 2 aromatic carbocycles. The molecule has 9 nitrogen and oxygen atoms in total. The fraction of sp³-hybridized carbons (Fsp3) is 0.462. The standard InChI is InChI=1S/C39H48N4O5S2/c1-39(2,3)22-24-48-31-18-11-15-28(26-31)36-35-32-19-8-7-14-27(32)13-6-4-5-9-23-43(30-17-10-16-29(25-30)37(44)45)33-20-12-21-34(40-33)50(46,47)42-38(41-35)49-36/h7-8,11-12,14-15,18-21,26,29-30H,4-6,9-10,13,16-17,22-25H2,1-3H3,(H,41,42)(H,44,45). The second kappa shape index (κ2) is 15.5. The van der Waals surface area contributed by atoms with Gasteiger partial charge in [-0.1, -0.05) is 93.8 Å². The van der Waals surface area contributed by atoms with E-state index in [0.717, 1.165) is 78.8 Å². The Morgan fingerprint density at radius 2 is 1.78 bits per heavy atom. The van der Waals surface area contributed by atoms with Crippen LogP contribution in [0.1, 0.15) is 84.1 Å². The van der Waals surface area contributed by atoms with Crippen LogP contribution in [0.2, 0.25) is 0 Å². The number of anilines is 2. The zero-order chi connectivity index (χ0) is 35.3. The number of pyridine rings is 1. The van der Waals surface area contributed by atoms with E-state index in [4.69, 9.17) is 9.72 Å². The molecule has 4 aromatic rings. The summed E-state index contributed by atoms with van der Waals surface area (Å²) in [5.41, 5.74) is 3.96. The Morgan fingerprint density at radius 1 is 0.980 bits per heavy atom. The summed E-state index contributed by atoms with van der Waals surface area (Å²) in [7, 11) is -4.11. The van der Waals surface area contributed by atoms with Gasteiger partial charge in [0.1, 0.15) is 11.6 Å². The number of carboxylic acid groups (broad SMARTS) is 1. The van der Waals surface area contributed by atoms with Crippen LogP contribution >= 0.6 is 11.3 Å². The Balaban J connectivity index is 1.38. The normalized spacial score (nSPS) is 19.9. The van der Waals surface area contributed by atoms with Crippen LogP contribution in [0.5, 0.6) is 5.75 Å². The predicted octanol–water partition coefficient (Wildman–Crippen LogP) is 9.05. The third-order valence-electron chi connectivity index (χ3n) is 9.65. The number of nitrogens with zero attached hydrogens (tertiary/aromatic N) is 3. The number of hydrogen-bond acceptors (Lipinski definition) is 8. The number of fused-ring (bicyclic) bond motifs is 6. The topological polar surface area (TPSA) is 122 Å². The Bertz CT molecular complexity index is 1900. The van der Waals surface area contributed by atoms with E-state index >= 15 is 0 Å². The van der Waals surface area contributed by atoms with Crippen LogP contribution in [0.15, 0.2) is 71.8 Å². The van der Waals surface area contributed by atoms with E-state index in [1.165, 1.54) is 23.0 Å². The highest BCUT2D eigenvalue weighted by Gasteiger charge is 2.32. The van der Waals surface area contributed by atoms with Crippen molar-refractivity contribution in [3.8, 4) is 27.4 Å². The van der Waals surface area contributed by atoms with Crippen LogP contribution in [0.25, 0.3) is 21.7 Å². The molecule has 1 aliphatic carbocycles. The molecule has 1 aliphatic heterocycles. The van der Waals surface area contributed by atoms with Gasteiger partial charge in [-0.3, -0.25) is 9.52 Å². The molecular weight excluding hydrogens is 669 g/mol. The van der Waals surface area contributed by atoms with Crippen molar-refractivity contribution in [1.29, 1.82) is 0 Å². The number of nitrogens with one attached hydrogen (secondary N) is 1. The molecule has 0 radical (unpaired) electrons. The van der Waals surface area contributed by atoms with Crippen LogP contribution in [0.4, 0.5) is 10.9 Å². The van der Waals surface area contributed by atoms with Crippen molar-refractivity contribution in [2.45, 2.75) is 96.0 Å². The first kappa shape index (κ1) is 35.9. The van der Waals surface area contributed by atoms with Gasteiger partial charge >= 0.3 is 5.97 Å². The Hall–Kier alpha value is -3.96. The number of ether oxygens (including phenoxy) is 1. The minimum absolute atomic E-state index is 0.0190. The number of carbonyl (C=O) groups is 1. The van der Waals surface area contributed by atoms with E-state index in [1.807, 2.05) is 42.5 Å². The van der Waals surface area contributed by atoms with Crippen LogP contribution < -0.4 is 14.4 Å². The molecule has 2 aromatic heterocycles. The van der Waals surface area contributed by atoms with Gasteiger partial charge < -0.3 is 14.7 Å². The lowest BCUT2D eigenvalue weighted by molar-refractivity contribution is -0.142. The Kier molecular flexibility index (Phi) is 11.1. The van der Waals surface area contributed by atoms with Gasteiger partial charge in [0.2, 0.25) is 0 Å². The summed E-state index contributed by atoms with van der Waals surface area (Å²) in [4.78, 5) is 24.6. The van der Waals surface area contributed by atoms with E-state index in [1.54, 1.807) is 6.07 Å². The molecule has 2 N–H and O–H groups in total. The quantitative estimate of drug-likeness (QED) is 0.203. The summed E-state index contributed by atoms with van der Waals surface area (Å²) < 4.78 is 36.8. The summed E-state index contributed by atoms with van der Waals surface area (Å²) >= 11 is 1.30. The van der Waals surface area contributed by atoms with Crippen molar-refractivity contribution < 1.29 is 23.1 Å². The minimum atomic E-state index is -4.11. The van der Waals surface area contributed by atoms with Gasteiger partial charge in [0.25, 0.3) is 10.0 Å². The van der Waals surface area contributed by atoms with E-state index < -0.39 is 21.9 Å². The summed E-state index contributed by atoms with van der Waals surface area (Å²) in [6.07, 6.45) is 8.60. The molecule has 2 atom stereocenters. The summed E-state index contributed by atoms with van der Waals surface area (Å²) in [6, 6.07) is 21.2. The third kappa shape index (κ3) is 8.84. The van der Waals surface area contributed by atoms with Gasteiger partial charge in [0.05, 0.1) is 23.1 Å². The molecule has 3 heterocycles. The molecule has 0 amide bonds. The van der Waals surface area contributed by atoms with Gasteiger partial charge in [-0.15, -0.1) is 0 Å². The average molecular weight is 717 g/mol. The lowest BCUT2D eigenvalue weighted by atomic mass is 9.85. The number of rotatable bonds is 6. The number of aromatic nitrogens is 2. The van der Waals surface area contributed by atoms with E-state index in [-0.39, 0.29) is 21.6 Å². The Morgan fingerprint density at radius 3 is 2.60 bits per heavy atom. The smallest absolute Gasteiger partial charge is 0.306 e. The fourth-order valence-electron chi connectivity index (χ4n) is 6.90. The van der Waals surface area contributed by atoms with Crippen LogP contribution in [0.3, 0.4) is 0 Å². The third-order valence-corrected chi connectivity index (χ3v) is 12.0. The molecule has 0 spiro atoms. The number of aliphatic carboxylic acids is 1. The number of sulfonamides is 1. The van der Waals surface area contributed by atoms with Crippen molar-refractivity contribution in [3.05, 3.63) is 72.3 Å². The number of benzene rings is 2. The maximum atomic E-state index is 14.0. The van der Waals surface area contributed by atoms with E-state index in [0.29, 0.717) is 31.8 Å². The SMILES string of the molecule is CC(C)(C)CCOc1cccc(-c2sc3nc2-c2ccccc2CCCCCCN(C2CCCC(C(=O)O)C2)c2cccc(n2)S(=O)(=O)N3)c1. The molecule has 1 fully saturated rings. The summed E-state index contributed by atoms with van der Waals surface area (Å²) in [5.74, 6) is 0.144. The van der Waals surface area contributed by atoms with Crippen LogP contribution in [-0.2, 0) is 21.2 Å². The largest absolute Gasteiger partial charge is 0.494 e. The monoisotopic (exact) mass is 716 g/mol. The number of hydrogen-bond donors (Lipinski definition) is 2. The van der Waals surface area contributed by atoms with Crippen molar-refractivity contribution in [3.63, 3.8) is 0 Å². The highest BCUT2D eigenvalue weighted by molar-refractivity contribution is 7.92. The van der Waals surface area contributed by atoms with Gasteiger partial charge in [-0.2, -0.15) is 8.42 Å². The lowest BCUT2D eigenvalue weighted by Crippen LogP contribution is -2.41. The summed E-state index contributed by atoms with van der Waals surface area (Å²) in [6.45, 7) is 7.86. The van der Waals surface area contributed by atoms with E-state index in [2.05, 4.69) is 47.5 Å². The Labute approximate surface area is 300 Å². The van der Waals surface area contributed by atoms with Gasteiger partial charge in [-0.25, -0.2) is 9.97 Å². The first-order valence-corrected chi connectivity index (χ1v) is 20.1. The molecule has 6 rings (SSSR count). The summed E-state index contributed by atoms with van der Waals surface area (Å²) in [5, 5.41) is 9.95. The molecule has 1 saturated carbocycles. The first-order valence-electron chi connectivity index (χ1n) is 17.8. The predicted molar refractivity (Wildman–Crippen MR) is 200 cm³/mol. The number of thiazole rings is 1. The molecule has 2 aliphatic rings. The van der Waals surface area contributed by atoms with Crippen LogP contribution in [0, 0.1) is 11.3 Å². The fourth-order valence-corrected chi connectivity index (χ4v) is 9.08. The highest BCUT2D eigenvalue weighted by Crippen LogP contribution is 2.42. The molecule has 266 valence electrons. The molecule has 2 unspecified atom stereocenters. The maximum absolute atomic E-state index is 14.0. The molecule has 11 heteroatoms. The highest BCUT2D eigenvalue weighted by atomic mass is 32.2. The molecular formula is C39H48N4O5S2.